The molecule has 0 radical (unpaired) electrons. The number of hydrogen-bond acceptors (Lipinski definition) is 9. The predicted octanol–water partition coefficient (Wildman–Crippen LogP) is -1.06. The first-order chi connectivity index (χ1) is 6.79. The van der Waals surface area contributed by atoms with Crippen LogP contribution in [0.15, 0.2) is 0 Å². The van der Waals surface area contributed by atoms with Crippen LogP contribution in [0.5, 0.6) is 0 Å². The topological polar surface area (TPSA) is 156 Å². The van der Waals surface area contributed by atoms with Gasteiger partial charge < -0.3 is 0 Å². The van der Waals surface area contributed by atoms with Crippen LogP contribution in [0.3, 0.4) is 0 Å². The third-order valence-electron chi connectivity index (χ3n) is 1.05. The van der Waals surface area contributed by atoms with Crippen LogP contribution in [0.4, 0.5) is 0 Å². The van der Waals surface area contributed by atoms with Gasteiger partial charge >= 0.3 is 112 Å². The Balaban J connectivity index is 4.53. The van der Waals surface area contributed by atoms with Crippen LogP contribution < -0.4 is 34.4 Å². The molecule has 0 aliphatic rings. The molecule has 96 valence electrons. The number of rotatable bonds is 6. The fourth-order valence-corrected chi connectivity index (χ4v) is 32.5. The summed E-state index contributed by atoms with van der Waals surface area (Å²) in [6, 6.07) is 0. The first kappa shape index (κ1) is 17.4. The predicted molar refractivity (Wildman–Crippen MR) is 78.9 cm³/mol. The molecule has 0 aromatic heterocycles. The van der Waals surface area contributed by atoms with Crippen molar-refractivity contribution in [2.24, 2.45) is 34.4 Å². The Morgan fingerprint density at radius 3 is 0.938 bits per heavy atom. The van der Waals surface area contributed by atoms with Crippen molar-refractivity contribution in [2.45, 2.75) is 35.8 Å². The summed E-state index contributed by atoms with van der Waals surface area (Å²) in [6.45, 7) is 5.23. The summed E-state index contributed by atoms with van der Waals surface area (Å²) in [7, 11) is 4.51. The van der Waals surface area contributed by atoms with Gasteiger partial charge in [0.15, 0.2) is 0 Å². The van der Waals surface area contributed by atoms with Gasteiger partial charge in [-0.05, 0) is 0 Å². The molecule has 0 aliphatic carbocycles. The maximum atomic E-state index is 5.77. The van der Waals surface area contributed by atoms with E-state index >= 15 is 0 Å². The van der Waals surface area contributed by atoms with E-state index in [1.165, 1.54) is 29.1 Å². The third-order valence-corrected chi connectivity index (χ3v) is 25.4. The van der Waals surface area contributed by atoms with E-state index in [9.17, 15) is 0 Å². The second kappa shape index (κ2) is 6.06. The minimum atomic E-state index is -2.12. The van der Waals surface area contributed by atoms with Crippen molar-refractivity contribution >= 4 is 41.6 Å². The molecule has 0 saturated heterocycles. The Labute approximate surface area is 111 Å². The summed E-state index contributed by atoms with van der Waals surface area (Å²) >= 11 is -2.12. The van der Waals surface area contributed by atoms with Crippen molar-refractivity contribution in [1.82, 2.24) is 0 Å². The average Bonchev–Trinajstić information content (AvgIpc) is 1.70. The second-order valence-corrected chi connectivity index (χ2v) is 25.2. The monoisotopic (exact) mass is 342 g/mol. The summed E-state index contributed by atoms with van der Waals surface area (Å²) < 4.78 is 0. The van der Waals surface area contributed by atoms with E-state index in [2.05, 4.69) is 0 Å². The molecule has 6 nitrogen and oxygen atoms in total. The van der Waals surface area contributed by atoms with Crippen molar-refractivity contribution < 1.29 is 0 Å². The molecule has 0 bridgehead atoms. The van der Waals surface area contributed by atoms with E-state index in [4.69, 9.17) is 34.4 Å². The van der Waals surface area contributed by atoms with Crippen molar-refractivity contribution in [3.63, 3.8) is 0 Å². The van der Waals surface area contributed by atoms with E-state index in [0.717, 1.165) is 0 Å². The van der Waals surface area contributed by atoms with Crippen LogP contribution in [-0.2, 0) is 0 Å². The summed E-state index contributed by atoms with van der Waals surface area (Å²) in [5, 5.41) is 0. The molecule has 12 N–H and O–H groups in total. The third kappa shape index (κ3) is 11.9. The molecule has 0 aromatic rings. The maximum absolute atomic E-state index is 5.77. The zero-order chi connectivity index (χ0) is 13.2. The van der Waals surface area contributed by atoms with Crippen molar-refractivity contribution in [3.8, 4) is 0 Å². The molecule has 0 rings (SSSR count). The fourth-order valence-electron chi connectivity index (χ4n) is 0.694. The molecule has 0 amide bonds. The molecule has 0 unspecified atom stereocenters. The van der Waals surface area contributed by atoms with Crippen LogP contribution in [0.25, 0.3) is 0 Å². The molecule has 16 heavy (non-hydrogen) atoms. The summed E-state index contributed by atoms with van der Waals surface area (Å²) in [5.74, 6) is 0. The van der Waals surface area contributed by atoms with Gasteiger partial charge in [-0.3, -0.25) is 0 Å². The molecule has 0 aliphatic heterocycles. The van der Waals surface area contributed by atoms with Gasteiger partial charge in [-0.2, -0.15) is 0 Å². The molecule has 0 spiro atoms. The van der Waals surface area contributed by atoms with E-state index in [1.807, 2.05) is 0 Å². The van der Waals surface area contributed by atoms with Gasteiger partial charge in [0.2, 0.25) is 0 Å². The van der Waals surface area contributed by atoms with Crippen molar-refractivity contribution in [1.29, 1.82) is 0 Å². The number of nitrogens with two attached hydrogens (primary N) is 6. The fraction of sp³-hybridized carbons (Fsp3) is 1.00. The Morgan fingerprint density at radius 2 is 0.812 bits per heavy atom. The standard InChI is InChI=1S/3C2H8N2S.Ga/c3*1-2(3,4)5;/h3*5H,3-4H2,1H3;/q;;;+3/p-3. The molecule has 0 saturated carbocycles. The van der Waals surface area contributed by atoms with Gasteiger partial charge in [-0.15, -0.1) is 0 Å². The van der Waals surface area contributed by atoms with Gasteiger partial charge in [0.05, 0.1) is 0 Å². The SMILES string of the molecule is CC(N)(N)[S][Ga]([S]C(C)(N)N)[S]C(C)(N)N. The Kier molecular flexibility index (Phi) is 6.61. The van der Waals surface area contributed by atoms with Gasteiger partial charge in [0.1, 0.15) is 0 Å². The van der Waals surface area contributed by atoms with Crippen LogP contribution >= 0.6 is 29.1 Å². The van der Waals surface area contributed by atoms with E-state index < -0.39 is 27.5 Å². The van der Waals surface area contributed by atoms with Crippen LogP contribution in [0.2, 0.25) is 0 Å². The van der Waals surface area contributed by atoms with Gasteiger partial charge in [0.25, 0.3) is 0 Å². The molecule has 0 atom stereocenters. The molecule has 0 fully saturated rings. The zero-order valence-electron chi connectivity index (χ0n) is 9.77. The molecular formula is C6H21GaN6S3. The van der Waals surface area contributed by atoms with Crippen LogP contribution in [0, 0.1) is 0 Å². The van der Waals surface area contributed by atoms with Crippen LogP contribution in [0.1, 0.15) is 20.8 Å². The first-order valence-electron chi connectivity index (χ1n) is 4.55. The van der Waals surface area contributed by atoms with Gasteiger partial charge in [0, 0.05) is 0 Å². The van der Waals surface area contributed by atoms with Crippen molar-refractivity contribution in [3.05, 3.63) is 0 Å². The zero-order valence-corrected chi connectivity index (χ0v) is 14.6. The summed E-state index contributed by atoms with van der Waals surface area (Å²) in [6.07, 6.45) is 0. The van der Waals surface area contributed by atoms with E-state index in [0.29, 0.717) is 0 Å². The Hall–Kier alpha value is 1.45. The quantitative estimate of drug-likeness (QED) is 0.261. The molecule has 0 heterocycles. The average molecular weight is 343 g/mol. The van der Waals surface area contributed by atoms with Gasteiger partial charge in [-0.1, -0.05) is 0 Å². The van der Waals surface area contributed by atoms with Gasteiger partial charge in [-0.25, -0.2) is 0 Å². The first-order valence-corrected chi connectivity index (χ1v) is 16.1. The molecule has 10 heteroatoms. The summed E-state index contributed by atoms with van der Waals surface area (Å²) in [4.78, 5) is -2.41. The Morgan fingerprint density at radius 1 is 0.625 bits per heavy atom. The van der Waals surface area contributed by atoms with E-state index in [1.54, 1.807) is 20.8 Å². The Bertz CT molecular complexity index is 182. The minimum absolute atomic E-state index is 0.804. The normalized spacial score (nSPS) is 14.1. The second-order valence-electron chi connectivity index (χ2n) is 4.19. The molecular weight excluding hydrogens is 322 g/mol. The molecule has 0 aromatic carbocycles. The van der Waals surface area contributed by atoms with E-state index in [-0.39, 0.29) is 0 Å². The number of hydrogen-bond donors (Lipinski definition) is 6. The van der Waals surface area contributed by atoms with Crippen molar-refractivity contribution in [2.75, 3.05) is 0 Å². The summed E-state index contributed by atoms with van der Waals surface area (Å²) in [5.41, 5.74) is 34.6. The van der Waals surface area contributed by atoms with Crippen LogP contribution in [-0.4, -0.2) is 27.5 Å².